The number of aromatic nitrogens is 4. The lowest BCUT2D eigenvalue weighted by Crippen LogP contribution is -2.16. The van der Waals surface area contributed by atoms with Crippen LogP contribution < -0.4 is 5.32 Å². The molecule has 1 aromatic carbocycles. The van der Waals surface area contributed by atoms with Crippen LogP contribution in [0.15, 0.2) is 30.5 Å². The van der Waals surface area contributed by atoms with Crippen LogP contribution in [0.25, 0.3) is 0 Å². The lowest BCUT2D eigenvalue weighted by atomic mass is 10.2. The van der Waals surface area contributed by atoms with Gasteiger partial charge in [-0.05, 0) is 38.5 Å². The molecule has 3 aromatic rings. The number of carbonyl (C=O) groups excluding carboxylic acids is 1. The Kier molecular flexibility index (Phi) is 4.95. The van der Waals surface area contributed by atoms with E-state index in [4.69, 9.17) is 11.6 Å². The molecule has 0 saturated heterocycles. The zero-order chi connectivity index (χ0) is 19.7. The molecule has 3 rings (SSSR count). The standard InChI is InChI=1S/C17H17ClN6O3/c1-10-4-5-13(15(8-10)24(26)27)19-17(25)14-6-7-22(21-14)9-23-12(3)16(18)11(2)20-23/h4-8H,9H2,1-3H3,(H,19,25). The van der Waals surface area contributed by atoms with E-state index in [-0.39, 0.29) is 23.7 Å². The van der Waals surface area contributed by atoms with Crippen molar-refractivity contribution in [3.63, 3.8) is 0 Å². The number of hydrogen-bond acceptors (Lipinski definition) is 5. The number of rotatable bonds is 5. The maximum absolute atomic E-state index is 12.4. The van der Waals surface area contributed by atoms with Crippen LogP contribution in [0.5, 0.6) is 0 Å². The average Bonchev–Trinajstić information content (AvgIpc) is 3.18. The molecule has 10 heteroatoms. The van der Waals surface area contributed by atoms with Gasteiger partial charge in [0.2, 0.25) is 0 Å². The molecule has 9 nitrogen and oxygen atoms in total. The summed E-state index contributed by atoms with van der Waals surface area (Å²) in [5.41, 5.74) is 2.33. The highest BCUT2D eigenvalue weighted by Crippen LogP contribution is 2.25. The van der Waals surface area contributed by atoms with Gasteiger partial charge in [-0.2, -0.15) is 10.2 Å². The predicted molar refractivity (Wildman–Crippen MR) is 100 cm³/mol. The van der Waals surface area contributed by atoms with E-state index in [1.165, 1.54) is 22.9 Å². The summed E-state index contributed by atoms with van der Waals surface area (Å²) in [6.45, 7) is 5.68. The monoisotopic (exact) mass is 388 g/mol. The molecule has 0 saturated carbocycles. The van der Waals surface area contributed by atoms with Gasteiger partial charge in [-0.25, -0.2) is 4.68 Å². The fourth-order valence-electron chi connectivity index (χ4n) is 2.60. The molecule has 0 aliphatic rings. The number of hydrogen-bond donors (Lipinski definition) is 1. The maximum Gasteiger partial charge on any atom is 0.293 e. The maximum atomic E-state index is 12.4. The van der Waals surface area contributed by atoms with Crippen molar-refractivity contribution in [1.82, 2.24) is 19.6 Å². The Balaban J connectivity index is 1.78. The highest BCUT2D eigenvalue weighted by atomic mass is 35.5. The second-order valence-corrected chi connectivity index (χ2v) is 6.48. The molecule has 2 heterocycles. The molecule has 0 radical (unpaired) electrons. The van der Waals surface area contributed by atoms with Crippen LogP contribution in [0.3, 0.4) is 0 Å². The van der Waals surface area contributed by atoms with E-state index in [1.54, 1.807) is 23.9 Å². The first-order valence-electron chi connectivity index (χ1n) is 8.05. The fraction of sp³-hybridized carbons (Fsp3) is 0.235. The second kappa shape index (κ2) is 7.20. The third-order valence-electron chi connectivity index (χ3n) is 4.04. The van der Waals surface area contributed by atoms with Crippen molar-refractivity contribution in [2.45, 2.75) is 27.4 Å². The van der Waals surface area contributed by atoms with Gasteiger partial charge in [0.05, 0.1) is 21.3 Å². The number of nitro benzene ring substituents is 1. The molecule has 0 unspecified atom stereocenters. The third kappa shape index (κ3) is 3.82. The van der Waals surface area contributed by atoms with Crippen LogP contribution >= 0.6 is 11.6 Å². The van der Waals surface area contributed by atoms with E-state index in [9.17, 15) is 14.9 Å². The van der Waals surface area contributed by atoms with E-state index in [0.717, 1.165) is 11.3 Å². The fourth-order valence-corrected chi connectivity index (χ4v) is 2.73. The Bertz CT molecular complexity index is 1040. The molecule has 140 valence electrons. The minimum absolute atomic E-state index is 0.121. The molecular formula is C17H17ClN6O3. The minimum atomic E-state index is -0.535. The van der Waals surface area contributed by atoms with E-state index in [1.807, 2.05) is 13.8 Å². The zero-order valence-electron chi connectivity index (χ0n) is 14.9. The van der Waals surface area contributed by atoms with E-state index in [2.05, 4.69) is 15.5 Å². The van der Waals surface area contributed by atoms with E-state index < -0.39 is 10.8 Å². The molecule has 0 aliphatic heterocycles. The normalized spacial score (nSPS) is 10.8. The summed E-state index contributed by atoms with van der Waals surface area (Å²) in [5, 5.41) is 22.8. The van der Waals surface area contributed by atoms with Crippen LogP contribution in [0, 0.1) is 30.9 Å². The lowest BCUT2D eigenvalue weighted by molar-refractivity contribution is -0.384. The molecule has 0 fully saturated rings. The van der Waals surface area contributed by atoms with Crippen LogP contribution in [0.2, 0.25) is 5.02 Å². The number of anilines is 1. The van der Waals surface area contributed by atoms with Gasteiger partial charge in [0.15, 0.2) is 5.69 Å². The van der Waals surface area contributed by atoms with Gasteiger partial charge in [-0.15, -0.1) is 0 Å². The molecule has 0 atom stereocenters. The van der Waals surface area contributed by atoms with Gasteiger partial charge >= 0.3 is 0 Å². The summed E-state index contributed by atoms with van der Waals surface area (Å²) in [7, 11) is 0. The van der Waals surface area contributed by atoms with Crippen molar-refractivity contribution in [2.75, 3.05) is 5.32 Å². The van der Waals surface area contributed by atoms with Gasteiger partial charge in [-0.1, -0.05) is 17.7 Å². The molecule has 1 amide bonds. The van der Waals surface area contributed by atoms with Crippen LogP contribution in [0.4, 0.5) is 11.4 Å². The van der Waals surface area contributed by atoms with Gasteiger partial charge in [0, 0.05) is 12.3 Å². The molecule has 27 heavy (non-hydrogen) atoms. The van der Waals surface area contributed by atoms with Crippen LogP contribution in [-0.2, 0) is 6.67 Å². The Morgan fingerprint density at radius 3 is 2.63 bits per heavy atom. The number of halogens is 1. The minimum Gasteiger partial charge on any atom is -0.315 e. The zero-order valence-corrected chi connectivity index (χ0v) is 15.7. The summed E-state index contributed by atoms with van der Waals surface area (Å²) in [5.74, 6) is -0.535. The summed E-state index contributed by atoms with van der Waals surface area (Å²) in [4.78, 5) is 23.1. The van der Waals surface area contributed by atoms with Crippen LogP contribution in [-0.4, -0.2) is 30.4 Å². The highest BCUT2D eigenvalue weighted by molar-refractivity contribution is 6.31. The number of carbonyl (C=O) groups is 1. The smallest absolute Gasteiger partial charge is 0.293 e. The van der Waals surface area contributed by atoms with Gasteiger partial charge in [0.25, 0.3) is 11.6 Å². The van der Waals surface area contributed by atoms with Gasteiger partial charge < -0.3 is 5.32 Å². The summed E-state index contributed by atoms with van der Waals surface area (Å²) in [6.07, 6.45) is 1.63. The molecule has 0 spiro atoms. The van der Waals surface area contributed by atoms with Gasteiger partial charge in [-0.3, -0.25) is 19.6 Å². The van der Waals surface area contributed by atoms with Crippen molar-refractivity contribution < 1.29 is 9.72 Å². The quantitative estimate of drug-likeness (QED) is 0.532. The topological polar surface area (TPSA) is 108 Å². The van der Waals surface area contributed by atoms with Crippen molar-refractivity contribution in [3.05, 3.63) is 68.2 Å². The van der Waals surface area contributed by atoms with E-state index in [0.29, 0.717) is 10.7 Å². The molecule has 2 aromatic heterocycles. The Labute approximate surface area is 159 Å². The number of benzene rings is 1. The molecule has 0 bridgehead atoms. The first-order valence-corrected chi connectivity index (χ1v) is 8.43. The van der Waals surface area contributed by atoms with E-state index >= 15 is 0 Å². The SMILES string of the molecule is Cc1ccc(NC(=O)c2ccn(Cn3nc(C)c(Cl)c3C)n2)c([N+](=O)[O-])c1. The van der Waals surface area contributed by atoms with Gasteiger partial charge in [0.1, 0.15) is 12.4 Å². The first-order chi connectivity index (χ1) is 12.8. The molecular weight excluding hydrogens is 372 g/mol. The number of nitro groups is 1. The Morgan fingerprint density at radius 2 is 2.00 bits per heavy atom. The first kappa shape index (κ1) is 18.6. The van der Waals surface area contributed by atoms with Crippen molar-refractivity contribution >= 4 is 28.9 Å². The van der Waals surface area contributed by atoms with Crippen LogP contribution in [0.1, 0.15) is 27.4 Å². The summed E-state index contributed by atoms with van der Waals surface area (Å²) in [6, 6.07) is 6.12. The Morgan fingerprint density at radius 1 is 1.26 bits per heavy atom. The predicted octanol–water partition coefficient (Wildman–Crippen LogP) is 3.32. The Hall–Kier alpha value is -3.20. The second-order valence-electron chi connectivity index (χ2n) is 6.10. The third-order valence-corrected chi connectivity index (χ3v) is 4.59. The van der Waals surface area contributed by atoms with Crippen molar-refractivity contribution in [3.8, 4) is 0 Å². The summed E-state index contributed by atoms with van der Waals surface area (Å²) >= 11 is 6.13. The number of nitrogens with one attached hydrogen (secondary N) is 1. The number of aryl methyl sites for hydroxylation is 2. The number of amides is 1. The lowest BCUT2D eigenvalue weighted by Gasteiger charge is -2.06. The van der Waals surface area contributed by atoms with Crippen molar-refractivity contribution in [1.29, 1.82) is 0 Å². The molecule has 0 aliphatic carbocycles. The summed E-state index contributed by atoms with van der Waals surface area (Å²) < 4.78 is 3.21. The molecule has 1 N–H and O–H groups in total. The largest absolute Gasteiger partial charge is 0.315 e. The number of nitrogens with zero attached hydrogens (tertiary/aromatic N) is 5. The average molecular weight is 389 g/mol. The highest BCUT2D eigenvalue weighted by Gasteiger charge is 2.18. The van der Waals surface area contributed by atoms with Crippen molar-refractivity contribution in [2.24, 2.45) is 0 Å².